The summed E-state index contributed by atoms with van der Waals surface area (Å²) in [6.45, 7) is 8.78. The molecule has 1 fully saturated rings. The molecular formula is C22H25N3O3S. The highest BCUT2D eigenvalue weighted by Gasteiger charge is 2.24. The summed E-state index contributed by atoms with van der Waals surface area (Å²) in [5.74, 6) is 1.80. The molecule has 0 spiro atoms. The van der Waals surface area contributed by atoms with Crippen LogP contribution in [0.1, 0.15) is 35.1 Å². The molecule has 4 heterocycles. The maximum absolute atomic E-state index is 13.0. The standard InChI is InChI=1S/C22H25N3O3S/c1-15(2)25-12-17-10-20(29-21(17)13-25)22(26)24-7-5-23(6-8-24)11-16-3-4-18-19(9-16)28-14-27-18/h3-4,9-10,12-13,15H,5-8,11,14H2,1-2H3. The number of benzene rings is 1. The number of hydrogen-bond acceptors (Lipinski definition) is 5. The van der Waals surface area contributed by atoms with E-state index in [4.69, 9.17) is 9.47 Å². The van der Waals surface area contributed by atoms with Crippen LogP contribution in [0.4, 0.5) is 0 Å². The van der Waals surface area contributed by atoms with Crippen molar-refractivity contribution in [1.82, 2.24) is 14.4 Å². The zero-order valence-electron chi connectivity index (χ0n) is 16.8. The second-order valence-corrected chi connectivity index (χ2v) is 9.07. The third-order valence-corrected chi connectivity index (χ3v) is 6.73. The first-order valence-electron chi connectivity index (χ1n) is 10.1. The minimum absolute atomic E-state index is 0.157. The van der Waals surface area contributed by atoms with Gasteiger partial charge in [0, 0.05) is 56.5 Å². The zero-order chi connectivity index (χ0) is 20.0. The fourth-order valence-electron chi connectivity index (χ4n) is 3.92. The highest BCUT2D eigenvalue weighted by atomic mass is 32.1. The molecule has 0 aliphatic carbocycles. The molecule has 5 rings (SSSR count). The molecule has 1 saturated heterocycles. The van der Waals surface area contributed by atoms with Crippen LogP contribution < -0.4 is 9.47 Å². The second-order valence-electron chi connectivity index (χ2n) is 7.99. The van der Waals surface area contributed by atoms with Crippen molar-refractivity contribution >= 4 is 27.3 Å². The SMILES string of the molecule is CC(C)n1cc2cc(C(=O)N3CCN(Cc4ccc5c(c4)OCO5)CC3)sc2c1. The van der Waals surface area contributed by atoms with Crippen LogP contribution >= 0.6 is 11.3 Å². The van der Waals surface area contributed by atoms with Crippen LogP contribution in [0, 0.1) is 0 Å². The Balaban J connectivity index is 1.20. The number of carbonyl (C=O) groups is 1. The van der Waals surface area contributed by atoms with Gasteiger partial charge in [0.1, 0.15) is 0 Å². The summed E-state index contributed by atoms with van der Waals surface area (Å²) in [6, 6.07) is 8.60. The van der Waals surface area contributed by atoms with Gasteiger partial charge in [-0.05, 0) is 37.6 Å². The van der Waals surface area contributed by atoms with E-state index >= 15 is 0 Å². The molecule has 2 aromatic heterocycles. The third-order valence-electron chi connectivity index (χ3n) is 5.66. The number of rotatable bonds is 4. The summed E-state index contributed by atoms with van der Waals surface area (Å²) >= 11 is 1.60. The fourth-order valence-corrected chi connectivity index (χ4v) is 4.96. The molecule has 0 atom stereocenters. The molecule has 0 N–H and O–H groups in total. The van der Waals surface area contributed by atoms with Gasteiger partial charge in [-0.1, -0.05) is 6.07 Å². The van der Waals surface area contributed by atoms with Crippen LogP contribution in [0.2, 0.25) is 0 Å². The molecule has 2 aliphatic rings. The Kier molecular flexibility index (Phi) is 4.72. The highest BCUT2D eigenvalue weighted by molar-refractivity contribution is 7.20. The minimum Gasteiger partial charge on any atom is -0.454 e. The van der Waals surface area contributed by atoms with Gasteiger partial charge in [0.15, 0.2) is 11.5 Å². The molecular weight excluding hydrogens is 386 g/mol. The van der Waals surface area contributed by atoms with Crippen molar-refractivity contribution in [2.24, 2.45) is 0 Å². The van der Waals surface area contributed by atoms with E-state index in [0.717, 1.165) is 54.5 Å². The lowest BCUT2D eigenvalue weighted by molar-refractivity contribution is 0.0633. The molecule has 1 amide bonds. The van der Waals surface area contributed by atoms with E-state index in [0.29, 0.717) is 12.8 Å². The largest absolute Gasteiger partial charge is 0.454 e. The topological polar surface area (TPSA) is 46.9 Å². The van der Waals surface area contributed by atoms with Crippen LogP contribution in [0.5, 0.6) is 11.5 Å². The third kappa shape index (κ3) is 3.60. The van der Waals surface area contributed by atoms with Crippen LogP contribution in [0.15, 0.2) is 36.7 Å². The maximum atomic E-state index is 13.0. The van der Waals surface area contributed by atoms with Crippen LogP contribution in [-0.4, -0.2) is 53.2 Å². The van der Waals surface area contributed by atoms with Crippen molar-refractivity contribution in [1.29, 1.82) is 0 Å². The molecule has 3 aromatic rings. The van der Waals surface area contributed by atoms with Crippen molar-refractivity contribution in [3.05, 3.63) is 47.1 Å². The average molecular weight is 412 g/mol. The predicted octanol–water partition coefficient (Wildman–Crippen LogP) is 3.97. The van der Waals surface area contributed by atoms with Gasteiger partial charge < -0.3 is 18.9 Å². The van der Waals surface area contributed by atoms with Crippen molar-refractivity contribution in [3.63, 3.8) is 0 Å². The molecule has 0 saturated carbocycles. The molecule has 152 valence electrons. The molecule has 1 aromatic carbocycles. The Bertz CT molecular complexity index is 1020. The lowest BCUT2D eigenvalue weighted by atomic mass is 10.1. The van der Waals surface area contributed by atoms with Crippen molar-refractivity contribution in [2.45, 2.75) is 26.4 Å². The Morgan fingerprint density at radius 3 is 2.62 bits per heavy atom. The van der Waals surface area contributed by atoms with Gasteiger partial charge in [0.2, 0.25) is 6.79 Å². The number of thiophene rings is 1. The molecule has 0 unspecified atom stereocenters. The van der Waals surface area contributed by atoms with Gasteiger partial charge in [0.25, 0.3) is 5.91 Å². The Morgan fingerprint density at radius 1 is 1.07 bits per heavy atom. The number of aromatic nitrogens is 1. The second kappa shape index (κ2) is 7.39. The summed E-state index contributed by atoms with van der Waals surface area (Å²) in [5, 5.41) is 1.16. The Hall–Kier alpha value is -2.51. The summed E-state index contributed by atoms with van der Waals surface area (Å²) in [7, 11) is 0. The number of amides is 1. The van der Waals surface area contributed by atoms with Crippen molar-refractivity contribution < 1.29 is 14.3 Å². The van der Waals surface area contributed by atoms with E-state index in [1.54, 1.807) is 11.3 Å². The molecule has 0 bridgehead atoms. The summed E-state index contributed by atoms with van der Waals surface area (Å²) < 4.78 is 14.2. The fraction of sp³-hybridized carbons (Fsp3) is 0.409. The molecule has 7 heteroatoms. The average Bonchev–Trinajstić information content (AvgIpc) is 3.42. The van der Waals surface area contributed by atoms with Crippen LogP contribution in [0.3, 0.4) is 0 Å². The number of ether oxygens (including phenoxy) is 2. The number of fused-ring (bicyclic) bond motifs is 2. The van der Waals surface area contributed by atoms with E-state index in [2.05, 4.69) is 47.8 Å². The molecule has 2 aliphatic heterocycles. The van der Waals surface area contributed by atoms with Gasteiger partial charge in [-0.25, -0.2) is 0 Å². The first-order valence-corrected chi connectivity index (χ1v) is 10.9. The van der Waals surface area contributed by atoms with Crippen LogP contribution in [0.25, 0.3) is 10.1 Å². The molecule has 6 nitrogen and oxygen atoms in total. The minimum atomic E-state index is 0.157. The van der Waals surface area contributed by atoms with Crippen LogP contribution in [-0.2, 0) is 6.54 Å². The quantitative estimate of drug-likeness (QED) is 0.652. The predicted molar refractivity (Wildman–Crippen MR) is 114 cm³/mol. The van der Waals surface area contributed by atoms with E-state index < -0.39 is 0 Å². The number of piperazine rings is 1. The summed E-state index contributed by atoms with van der Waals surface area (Å²) in [5.41, 5.74) is 1.21. The lowest BCUT2D eigenvalue weighted by Crippen LogP contribution is -2.48. The lowest BCUT2D eigenvalue weighted by Gasteiger charge is -2.34. The van der Waals surface area contributed by atoms with E-state index in [-0.39, 0.29) is 5.91 Å². The number of hydrogen-bond donors (Lipinski definition) is 0. The first-order chi connectivity index (χ1) is 14.1. The summed E-state index contributed by atoms with van der Waals surface area (Å²) in [6.07, 6.45) is 4.28. The van der Waals surface area contributed by atoms with Crippen molar-refractivity contribution in [3.8, 4) is 11.5 Å². The highest BCUT2D eigenvalue weighted by Crippen LogP contribution is 2.33. The Labute approximate surface area is 174 Å². The van der Waals surface area contributed by atoms with E-state index in [1.165, 1.54) is 10.3 Å². The molecule has 0 radical (unpaired) electrons. The molecule has 29 heavy (non-hydrogen) atoms. The normalized spacial score (nSPS) is 16.9. The monoisotopic (exact) mass is 411 g/mol. The van der Waals surface area contributed by atoms with Gasteiger partial charge >= 0.3 is 0 Å². The Morgan fingerprint density at radius 2 is 1.86 bits per heavy atom. The van der Waals surface area contributed by atoms with Gasteiger partial charge in [-0.15, -0.1) is 11.3 Å². The zero-order valence-corrected chi connectivity index (χ0v) is 17.6. The van der Waals surface area contributed by atoms with Gasteiger partial charge in [-0.3, -0.25) is 9.69 Å². The first kappa shape index (κ1) is 18.5. The van der Waals surface area contributed by atoms with Gasteiger partial charge in [-0.2, -0.15) is 0 Å². The van der Waals surface area contributed by atoms with Crippen molar-refractivity contribution in [2.75, 3.05) is 33.0 Å². The van der Waals surface area contributed by atoms with Gasteiger partial charge in [0.05, 0.1) is 9.58 Å². The summed E-state index contributed by atoms with van der Waals surface area (Å²) in [4.78, 5) is 18.2. The number of carbonyl (C=O) groups excluding carboxylic acids is 1. The maximum Gasteiger partial charge on any atom is 0.264 e. The van der Waals surface area contributed by atoms with E-state index in [9.17, 15) is 4.79 Å². The number of nitrogens with zero attached hydrogens (tertiary/aromatic N) is 3. The van der Waals surface area contributed by atoms with E-state index in [1.807, 2.05) is 17.0 Å². The smallest absolute Gasteiger partial charge is 0.264 e.